The zero-order chi connectivity index (χ0) is 13.8. The number of likely N-dealkylation sites (tertiary alicyclic amines) is 1. The number of rotatable bonds is 4. The number of carbonyl (C=O) groups is 1. The first-order chi connectivity index (χ1) is 9.81. The highest BCUT2D eigenvalue weighted by molar-refractivity contribution is 5.86. The Morgan fingerprint density at radius 2 is 1.90 bits per heavy atom. The van der Waals surface area contributed by atoms with E-state index in [1.807, 2.05) is 0 Å². The van der Waals surface area contributed by atoms with E-state index in [0.29, 0.717) is 11.8 Å². The SMILES string of the molecule is O=C(NC[C@H]1CCOC1)C1(N2CCCC2)CCCCC1. The van der Waals surface area contributed by atoms with Crippen LogP contribution in [0.15, 0.2) is 0 Å². The molecule has 1 saturated carbocycles. The van der Waals surface area contributed by atoms with E-state index in [0.717, 1.165) is 52.1 Å². The molecule has 4 nitrogen and oxygen atoms in total. The van der Waals surface area contributed by atoms with Crippen LogP contribution in [0.1, 0.15) is 51.4 Å². The van der Waals surface area contributed by atoms with Crippen LogP contribution in [0.4, 0.5) is 0 Å². The topological polar surface area (TPSA) is 41.6 Å². The molecule has 0 aromatic rings. The van der Waals surface area contributed by atoms with Gasteiger partial charge >= 0.3 is 0 Å². The molecule has 3 fully saturated rings. The van der Waals surface area contributed by atoms with Crippen molar-refractivity contribution in [3.63, 3.8) is 0 Å². The predicted molar refractivity (Wildman–Crippen MR) is 78.6 cm³/mol. The monoisotopic (exact) mass is 280 g/mol. The van der Waals surface area contributed by atoms with Crippen LogP contribution < -0.4 is 5.32 Å². The first-order valence-electron chi connectivity index (χ1n) is 8.42. The summed E-state index contributed by atoms with van der Waals surface area (Å²) >= 11 is 0. The summed E-state index contributed by atoms with van der Waals surface area (Å²) in [6, 6.07) is 0. The molecule has 3 rings (SSSR count). The van der Waals surface area contributed by atoms with Gasteiger partial charge in [-0.25, -0.2) is 0 Å². The van der Waals surface area contributed by atoms with Gasteiger partial charge in [-0.2, -0.15) is 0 Å². The maximum Gasteiger partial charge on any atom is 0.240 e. The average molecular weight is 280 g/mol. The molecule has 2 aliphatic heterocycles. The lowest BCUT2D eigenvalue weighted by Crippen LogP contribution is -2.59. The zero-order valence-electron chi connectivity index (χ0n) is 12.5. The van der Waals surface area contributed by atoms with E-state index in [4.69, 9.17) is 4.74 Å². The van der Waals surface area contributed by atoms with Crippen molar-refractivity contribution in [2.45, 2.75) is 56.9 Å². The van der Waals surface area contributed by atoms with Crippen molar-refractivity contribution < 1.29 is 9.53 Å². The molecule has 2 heterocycles. The van der Waals surface area contributed by atoms with Gasteiger partial charge in [0.05, 0.1) is 6.61 Å². The molecule has 3 aliphatic rings. The van der Waals surface area contributed by atoms with Crippen LogP contribution in [0.2, 0.25) is 0 Å². The Morgan fingerprint density at radius 1 is 1.15 bits per heavy atom. The van der Waals surface area contributed by atoms with Crippen LogP contribution in [0.25, 0.3) is 0 Å². The van der Waals surface area contributed by atoms with Crippen molar-refractivity contribution in [2.24, 2.45) is 5.92 Å². The molecule has 1 atom stereocenters. The summed E-state index contributed by atoms with van der Waals surface area (Å²) in [5.74, 6) is 0.823. The van der Waals surface area contributed by atoms with E-state index < -0.39 is 0 Å². The minimum Gasteiger partial charge on any atom is -0.381 e. The van der Waals surface area contributed by atoms with Gasteiger partial charge in [0.2, 0.25) is 5.91 Å². The summed E-state index contributed by atoms with van der Waals surface area (Å²) < 4.78 is 5.40. The Hall–Kier alpha value is -0.610. The first-order valence-corrected chi connectivity index (χ1v) is 8.42. The van der Waals surface area contributed by atoms with E-state index in [1.54, 1.807) is 0 Å². The van der Waals surface area contributed by atoms with Crippen LogP contribution in [0.3, 0.4) is 0 Å². The Bertz CT molecular complexity index is 327. The summed E-state index contributed by atoms with van der Waals surface area (Å²) in [6.45, 7) is 4.70. The molecule has 0 radical (unpaired) electrons. The van der Waals surface area contributed by atoms with E-state index in [2.05, 4.69) is 10.2 Å². The number of amides is 1. The summed E-state index contributed by atoms with van der Waals surface area (Å²) in [4.78, 5) is 15.3. The van der Waals surface area contributed by atoms with Crippen molar-refractivity contribution in [1.29, 1.82) is 0 Å². The zero-order valence-corrected chi connectivity index (χ0v) is 12.5. The van der Waals surface area contributed by atoms with Crippen LogP contribution in [-0.2, 0) is 9.53 Å². The second-order valence-electron chi connectivity index (χ2n) is 6.73. The molecule has 0 unspecified atom stereocenters. The summed E-state index contributed by atoms with van der Waals surface area (Å²) in [5, 5.41) is 3.25. The molecule has 0 aromatic carbocycles. The molecule has 20 heavy (non-hydrogen) atoms. The maximum absolute atomic E-state index is 12.9. The number of hydrogen-bond donors (Lipinski definition) is 1. The van der Waals surface area contributed by atoms with Crippen molar-refractivity contribution in [3.8, 4) is 0 Å². The number of ether oxygens (including phenoxy) is 1. The lowest BCUT2D eigenvalue weighted by molar-refractivity contribution is -0.135. The molecule has 114 valence electrons. The van der Waals surface area contributed by atoms with Gasteiger partial charge in [-0.05, 0) is 45.2 Å². The summed E-state index contributed by atoms with van der Waals surface area (Å²) in [7, 11) is 0. The Kier molecular flexibility index (Phi) is 4.61. The largest absolute Gasteiger partial charge is 0.381 e. The van der Waals surface area contributed by atoms with Gasteiger partial charge < -0.3 is 10.1 Å². The third-order valence-corrected chi connectivity index (χ3v) is 5.39. The second-order valence-corrected chi connectivity index (χ2v) is 6.73. The number of hydrogen-bond acceptors (Lipinski definition) is 3. The quantitative estimate of drug-likeness (QED) is 0.855. The molecule has 1 N–H and O–H groups in total. The fourth-order valence-electron chi connectivity index (χ4n) is 4.11. The normalized spacial score (nSPS) is 30.5. The van der Waals surface area contributed by atoms with E-state index in [9.17, 15) is 4.79 Å². The van der Waals surface area contributed by atoms with E-state index in [1.165, 1.54) is 32.1 Å². The molecule has 2 saturated heterocycles. The standard InChI is InChI=1S/C16H28N2O2/c19-15(17-12-14-6-11-20-13-14)16(7-2-1-3-8-16)18-9-4-5-10-18/h14H,1-13H2,(H,17,19)/t14-/m1/s1. The molecule has 0 bridgehead atoms. The summed E-state index contributed by atoms with van der Waals surface area (Å²) in [6.07, 6.45) is 9.42. The third kappa shape index (κ3) is 2.86. The van der Waals surface area contributed by atoms with Crippen LogP contribution in [0.5, 0.6) is 0 Å². The Labute approximate surface area is 122 Å². The third-order valence-electron chi connectivity index (χ3n) is 5.39. The number of carbonyl (C=O) groups excluding carboxylic acids is 1. The highest BCUT2D eigenvalue weighted by Gasteiger charge is 2.45. The van der Waals surface area contributed by atoms with Gasteiger partial charge in [-0.1, -0.05) is 19.3 Å². The molecule has 1 aliphatic carbocycles. The van der Waals surface area contributed by atoms with Gasteiger partial charge in [0, 0.05) is 19.1 Å². The van der Waals surface area contributed by atoms with Crippen molar-refractivity contribution in [2.75, 3.05) is 32.8 Å². The van der Waals surface area contributed by atoms with Gasteiger partial charge in [-0.15, -0.1) is 0 Å². The lowest BCUT2D eigenvalue weighted by Gasteiger charge is -2.43. The van der Waals surface area contributed by atoms with Crippen molar-refractivity contribution in [1.82, 2.24) is 10.2 Å². The first kappa shape index (κ1) is 14.3. The Morgan fingerprint density at radius 3 is 2.55 bits per heavy atom. The van der Waals surface area contributed by atoms with Crippen LogP contribution in [-0.4, -0.2) is 49.2 Å². The molecule has 4 heteroatoms. The van der Waals surface area contributed by atoms with Crippen molar-refractivity contribution in [3.05, 3.63) is 0 Å². The van der Waals surface area contributed by atoms with Gasteiger partial charge in [0.25, 0.3) is 0 Å². The van der Waals surface area contributed by atoms with E-state index in [-0.39, 0.29) is 5.54 Å². The Balaban J connectivity index is 1.62. The van der Waals surface area contributed by atoms with Crippen LogP contribution in [0, 0.1) is 5.92 Å². The molecule has 0 spiro atoms. The second kappa shape index (κ2) is 6.44. The highest BCUT2D eigenvalue weighted by atomic mass is 16.5. The predicted octanol–water partition coefficient (Wildman–Crippen LogP) is 1.94. The maximum atomic E-state index is 12.9. The van der Waals surface area contributed by atoms with Crippen LogP contribution >= 0.6 is 0 Å². The fraction of sp³-hybridized carbons (Fsp3) is 0.938. The number of nitrogens with one attached hydrogen (secondary N) is 1. The average Bonchev–Trinajstić information content (AvgIpc) is 3.18. The molecule has 0 aromatic heterocycles. The highest BCUT2D eigenvalue weighted by Crippen LogP contribution is 2.36. The van der Waals surface area contributed by atoms with Crippen molar-refractivity contribution >= 4 is 5.91 Å². The molecular formula is C16H28N2O2. The fourth-order valence-corrected chi connectivity index (χ4v) is 4.11. The summed E-state index contributed by atoms with van der Waals surface area (Å²) in [5.41, 5.74) is -0.186. The van der Waals surface area contributed by atoms with Gasteiger partial charge in [0.1, 0.15) is 5.54 Å². The van der Waals surface area contributed by atoms with Gasteiger partial charge in [-0.3, -0.25) is 9.69 Å². The molecular weight excluding hydrogens is 252 g/mol. The number of nitrogens with zero attached hydrogens (tertiary/aromatic N) is 1. The minimum absolute atomic E-state index is 0.186. The smallest absolute Gasteiger partial charge is 0.240 e. The lowest BCUT2D eigenvalue weighted by atomic mass is 9.79. The van der Waals surface area contributed by atoms with Gasteiger partial charge in [0.15, 0.2) is 0 Å². The van der Waals surface area contributed by atoms with E-state index >= 15 is 0 Å². The minimum atomic E-state index is -0.186. The molecule has 1 amide bonds.